The van der Waals surface area contributed by atoms with Crippen LogP contribution in [0.15, 0.2) is 48.5 Å². The molecule has 0 spiro atoms. The van der Waals surface area contributed by atoms with E-state index in [1.165, 1.54) is 0 Å². The number of thiocarbonyl (C=S) groups is 1. The molecule has 0 aliphatic rings. The summed E-state index contributed by atoms with van der Waals surface area (Å²) < 4.78 is 5.27. The Hall–Kier alpha value is -2.55. The van der Waals surface area contributed by atoms with Crippen molar-refractivity contribution in [1.82, 2.24) is 16.2 Å². The molecule has 10 heteroatoms. The topological polar surface area (TPSA) is 91.5 Å². The fourth-order valence-corrected chi connectivity index (χ4v) is 2.29. The van der Waals surface area contributed by atoms with E-state index in [4.69, 9.17) is 40.2 Å². The number of hydrazine groups is 1. The fourth-order valence-electron chi connectivity index (χ4n) is 1.81. The Balaban J connectivity index is 1.62. The molecule has 2 amide bonds. The first kappa shape index (κ1) is 20.8. The summed E-state index contributed by atoms with van der Waals surface area (Å²) in [6.45, 7) is -0.466. The van der Waals surface area contributed by atoms with E-state index in [2.05, 4.69) is 21.5 Å². The van der Waals surface area contributed by atoms with Crippen LogP contribution in [0.5, 0.6) is 5.75 Å². The quantitative estimate of drug-likeness (QED) is 0.419. The Morgan fingerprint density at radius 3 is 2.41 bits per heavy atom. The highest BCUT2D eigenvalue weighted by Gasteiger charge is 2.07. The van der Waals surface area contributed by atoms with Crippen LogP contribution in [-0.2, 0) is 9.59 Å². The van der Waals surface area contributed by atoms with E-state index < -0.39 is 11.8 Å². The average molecular weight is 427 g/mol. The van der Waals surface area contributed by atoms with Crippen molar-refractivity contribution < 1.29 is 14.3 Å². The highest BCUT2D eigenvalue weighted by molar-refractivity contribution is 7.80. The van der Waals surface area contributed by atoms with Crippen LogP contribution in [0, 0.1) is 0 Å². The van der Waals surface area contributed by atoms with Gasteiger partial charge in [0.2, 0.25) is 0 Å². The lowest BCUT2D eigenvalue weighted by molar-refractivity contribution is -0.127. The molecule has 0 saturated carbocycles. The van der Waals surface area contributed by atoms with E-state index in [1.807, 2.05) is 0 Å². The second-order valence-corrected chi connectivity index (χ2v) is 6.44. The maximum Gasteiger partial charge on any atom is 0.258 e. The van der Waals surface area contributed by atoms with Crippen molar-refractivity contribution in [1.29, 1.82) is 0 Å². The summed E-state index contributed by atoms with van der Waals surface area (Å²) in [5, 5.41) is 6.56. The number of ether oxygens (including phenoxy) is 1. The minimum atomic E-state index is -0.481. The van der Waals surface area contributed by atoms with Gasteiger partial charge in [0, 0.05) is 15.7 Å². The molecule has 2 aromatic carbocycles. The molecular weight excluding hydrogens is 411 g/mol. The van der Waals surface area contributed by atoms with Gasteiger partial charge in [0.25, 0.3) is 11.8 Å². The van der Waals surface area contributed by atoms with Crippen molar-refractivity contribution in [3.63, 3.8) is 0 Å². The Kier molecular flexibility index (Phi) is 8.12. The first-order valence-electron chi connectivity index (χ1n) is 7.69. The molecule has 0 unspecified atom stereocenters. The van der Waals surface area contributed by atoms with Crippen molar-refractivity contribution in [3.05, 3.63) is 58.6 Å². The van der Waals surface area contributed by atoms with E-state index in [9.17, 15) is 9.59 Å². The average Bonchev–Trinajstić information content (AvgIpc) is 2.64. The minimum Gasteiger partial charge on any atom is -0.484 e. The summed E-state index contributed by atoms with van der Waals surface area (Å²) in [5.41, 5.74) is 5.55. The molecule has 0 aromatic heterocycles. The first-order valence-corrected chi connectivity index (χ1v) is 8.85. The van der Waals surface area contributed by atoms with E-state index in [-0.39, 0.29) is 18.3 Å². The van der Waals surface area contributed by atoms with Crippen molar-refractivity contribution in [2.75, 3.05) is 18.5 Å². The van der Waals surface area contributed by atoms with Crippen molar-refractivity contribution in [3.8, 4) is 5.75 Å². The molecule has 142 valence electrons. The van der Waals surface area contributed by atoms with Crippen molar-refractivity contribution >= 4 is 58.0 Å². The zero-order valence-corrected chi connectivity index (χ0v) is 16.3. The SMILES string of the molecule is O=C(COc1ccc(Cl)cc1)NCC(=O)NNC(=S)Nc1cccc(Cl)c1. The second-order valence-electron chi connectivity index (χ2n) is 5.16. The van der Waals surface area contributed by atoms with E-state index in [0.29, 0.717) is 21.5 Å². The van der Waals surface area contributed by atoms with Crippen LogP contribution < -0.4 is 26.2 Å². The zero-order chi connectivity index (χ0) is 19.6. The standard InChI is InChI=1S/C17H16Cl2N4O3S/c18-11-4-6-14(7-5-11)26-10-16(25)20-9-15(24)22-23-17(27)21-13-3-1-2-12(19)8-13/h1-8H,9-10H2,(H,20,25)(H,22,24)(H2,21,23,27). The van der Waals surface area contributed by atoms with Gasteiger partial charge >= 0.3 is 0 Å². The number of anilines is 1. The number of nitrogens with one attached hydrogen (secondary N) is 4. The molecule has 0 aliphatic carbocycles. The number of rotatable bonds is 6. The molecule has 0 bridgehead atoms. The number of carbonyl (C=O) groups excluding carboxylic acids is 2. The molecule has 0 fully saturated rings. The van der Waals surface area contributed by atoms with Crippen LogP contribution >= 0.6 is 35.4 Å². The lowest BCUT2D eigenvalue weighted by Crippen LogP contribution is -2.48. The second kappa shape index (κ2) is 10.6. The van der Waals surface area contributed by atoms with Gasteiger partial charge in [0.15, 0.2) is 11.7 Å². The fraction of sp³-hybridized carbons (Fsp3) is 0.118. The zero-order valence-electron chi connectivity index (χ0n) is 13.9. The third-order valence-electron chi connectivity index (χ3n) is 3.03. The molecule has 0 radical (unpaired) electrons. The molecule has 0 aliphatic heterocycles. The molecule has 2 aromatic rings. The molecule has 0 heterocycles. The minimum absolute atomic E-state index is 0.169. The van der Waals surface area contributed by atoms with E-state index in [1.54, 1.807) is 48.5 Å². The van der Waals surface area contributed by atoms with Crippen LogP contribution in [0.25, 0.3) is 0 Å². The Morgan fingerprint density at radius 2 is 1.70 bits per heavy atom. The van der Waals surface area contributed by atoms with Crippen LogP contribution in [0.1, 0.15) is 0 Å². The van der Waals surface area contributed by atoms with Gasteiger partial charge in [-0.3, -0.25) is 20.4 Å². The first-order chi connectivity index (χ1) is 12.9. The monoisotopic (exact) mass is 426 g/mol. The number of amides is 2. The van der Waals surface area contributed by atoms with Crippen LogP contribution in [0.3, 0.4) is 0 Å². The highest BCUT2D eigenvalue weighted by Crippen LogP contribution is 2.15. The lowest BCUT2D eigenvalue weighted by atomic mass is 10.3. The molecule has 0 saturated heterocycles. The number of hydrogen-bond acceptors (Lipinski definition) is 4. The van der Waals surface area contributed by atoms with Crippen LogP contribution in [0.2, 0.25) is 10.0 Å². The van der Waals surface area contributed by atoms with Gasteiger partial charge in [-0.1, -0.05) is 29.3 Å². The lowest BCUT2D eigenvalue weighted by Gasteiger charge is -2.12. The van der Waals surface area contributed by atoms with Gasteiger partial charge in [-0.25, -0.2) is 0 Å². The van der Waals surface area contributed by atoms with E-state index >= 15 is 0 Å². The van der Waals surface area contributed by atoms with Crippen LogP contribution in [0.4, 0.5) is 5.69 Å². The number of hydrogen-bond donors (Lipinski definition) is 4. The summed E-state index contributed by atoms with van der Waals surface area (Å²) in [5.74, 6) is -0.428. The molecule has 27 heavy (non-hydrogen) atoms. The van der Waals surface area contributed by atoms with Gasteiger partial charge in [0.1, 0.15) is 5.75 Å². The smallest absolute Gasteiger partial charge is 0.258 e. The molecular formula is C17H16Cl2N4O3S. The van der Waals surface area contributed by atoms with Gasteiger partial charge in [-0.05, 0) is 54.7 Å². The van der Waals surface area contributed by atoms with Gasteiger partial charge in [-0.15, -0.1) is 0 Å². The molecule has 4 N–H and O–H groups in total. The largest absolute Gasteiger partial charge is 0.484 e. The van der Waals surface area contributed by atoms with Crippen molar-refractivity contribution in [2.45, 2.75) is 0 Å². The number of benzene rings is 2. The highest BCUT2D eigenvalue weighted by atomic mass is 35.5. The van der Waals surface area contributed by atoms with E-state index in [0.717, 1.165) is 0 Å². The number of carbonyl (C=O) groups is 2. The van der Waals surface area contributed by atoms with Gasteiger partial charge in [0.05, 0.1) is 6.54 Å². The third kappa shape index (κ3) is 8.12. The third-order valence-corrected chi connectivity index (χ3v) is 3.72. The summed E-state index contributed by atoms with van der Waals surface area (Å²) >= 11 is 16.7. The van der Waals surface area contributed by atoms with Crippen molar-refractivity contribution in [2.24, 2.45) is 0 Å². The molecule has 2 rings (SSSR count). The Labute approximate surface area is 171 Å². The summed E-state index contributed by atoms with van der Waals surface area (Å²) in [6, 6.07) is 13.5. The molecule has 0 atom stereocenters. The summed E-state index contributed by atoms with van der Waals surface area (Å²) in [7, 11) is 0. The predicted molar refractivity (Wildman–Crippen MR) is 109 cm³/mol. The maximum absolute atomic E-state index is 11.7. The Morgan fingerprint density at radius 1 is 0.963 bits per heavy atom. The summed E-state index contributed by atoms with van der Waals surface area (Å²) in [4.78, 5) is 23.4. The van der Waals surface area contributed by atoms with Gasteiger partial charge < -0.3 is 15.4 Å². The normalized spacial score (nSPS) is 9.85. The van der Waals surface area contributed by atoms with Crippen LogP contribution in [-0.4, -0.2) is 30.1 Å². The molecule has 7 nitrogen and oxygen atoms in total. The predicted octanol–water partition coefficient (Wildman–Crippen LogP) is 2.51. The Bertz CT molecular complexity index is 818. The summed E-state index contributed by atoms with van der Waals surface area (Å²) in [6.07, 6.45) is 0. The maximum atomic E-state index is 11.7. The van der Waals surface area contributed by atoms with Gasteiger partial charge in [-0.2, -0.15) is 0 Å². The number of halogens is 2.